The number of ether oxygens (including phenoxy) is 1. The van der Waals surface area contributed by atoms with Crippen LogP contribution in [0.5, 0.6) is 5.75 Å². The van der Waals surface area contributed by atoms with Gasteiger partial charge < -0.3 is 9.64 Å². The maximum absolute atomic E-state index is 11.7. The van der Waals surface area contributed by atoms with E-state index in [0.717, 1.165) is 5.69 Å². The third kappa shape index (κ3) is 3.29. The average molecular weight is 248 g/mol. The average Bonchev–Trinajstić information content (AvgIpc) is 2.83. The number of rotatable bonds is 3. The zero-order chi connectivity index (χ0) is 12.1. The van der Waals surface area contributed by atoms with Gasteiger partial charge in [0.1, 0.15) is 5.75 Å². The molecular weight excluding hydrogens is 236 g/mol. The summed E-state index contributed by atoms with van der Waals surface area (Å²) in [6.07, 6.45) is -0.385. The summed E-state index contributed by atoms with van der Waals surface area (Å²) >= 11 is 1.51. The van der Waals surface area contributed by atoms with Crippen LogP contribution in [0.4, 0.5) is 4.79 Å². The summed E-state index contributed by atoms with van der Waals surface area (Å²) in [6.45, 7) is 0.454. The Kier molecular flexibility index (Phi) is 3.72. The highest BCUT2D eigenvalue weighted by Gasteiger charge is 2.12. The van der Waals surface area contributed by atoms with Crippen molar-refractivity contribution in [1.82, 2.24) is 9.88 Å². The molecule has 1 amide bonds. The first-order chi connectivity index (χ1) is 8.25. The molecule has 1 aromatic carbocycles. The molecule has 0 aliphatic carbocycles. The molecule has 0 unspecified atom stereocenters. The van der Waals surface area contributed by atoms with Crippen LogP contribution in [-0.2, 0) is 6.54 Å². The molecule has 0 aliphatic rings. The van der Waals surface area contributed by atoms with E-state index >= 15 is 0 Å². The fourth-order valence-electron chi connectivity index (χ4n) is 1.29. The van der Waals surface area contributed by atoms with Crippen molar-refractivity contribution < 1.29 is 9.53 Å². The van der Waals surface area contributed by atoms with Crippen molar-refractivity contribution in [1.29, 1.82) is 0 Å². The van der Waals surface area contributed by atoms with E-state index in [1.165, 1.54) is 16.2 Å². The van der Waals surface area contributed by atoms with Crippen LogP contribution >= 0.6 is 11.3 Å². The molecule has 2 aromatic rings. The van der Waals surface area contributed by atoms with Crippen LogP contribution in [0.2, 0.25) is 0 Å². The standard InChI is InChI=1S/C12H12N2O2S/c1-14(7-10-8-17-9-13-10)12(15)16-11-5-3-2-4-6-11/h2-6,8-9H,7H2,1H3. The number of para-hydroxylation sites is 1. The Bertz CT molecular complexity index is 471. The largest absolute Gasteiger partial charge is 0.415 e. The molecule has 4 nitrogen and oxygen atoms in total. The first kappa shape index (κ1) is 11.6. The number of hydrogen-bond acceptors (Lipinski definition) is 4. The maximum atomic E-state index is 11.7. The predicted molar refractivity (Wildman–Crippen MR) is 66.0 cm³/mol. The number of carbonyl (C=O) groups excluding carboxylic acids is 1. The fraction of sp³-hybridized carbons (Fsp3) is 0.167. The lowest BCUT2D eigenvalue weighted by Crippen LogP contribution is -2.29. The zero-order valence-electron chi connectivity index (χ0n) is 9.37. The van der Waals surface area contributed by atoms with Gasteiger partial charge >= 0.3 is 6.09 Å². The van der Waals surface area contributed by atoms with Crippen molar-refractivity contribution in [2.75, 3.05) is 7.05 Å². The van der Waals surface area contributed by atoms with E-state index in [0.29, 0.717) is 12.3 Å². The highest BCUT2D eigenvalue weighted by atomic mass is 32.1. The van der Waals surface area contributed by atoms with Crippen LogP contribution < -0.4 is 4.74 Å². The van der Waals surface area contributed by atoms with Gasteiger partial charge in [0, 0.05) is 12.4 Å². The van der Waals surface area contributed by atoms with Crippen molar-refractivity contribution in [2.24, 2.45) is 0 Å². The van der Waals surface area contributed by atoms with Crippen LogP contribution in [0.1, 0.15) is 5.69 Å². The number of thiazole rings is 1. The van der Waals surface area contributed by atoms with Gasteiger partial charge in [0.2, 0.25) is 0 Å². The molecule has 0 saturated heterocycles. The number of benzene rings is 1. The molecule has 0 spiro atoms. The van der Waals surface area contributed by atoms with Gasteiger partial charge in [0.25, 0.3) is 0 Å². The van der Waals surface area contributed by atoms with Crippen molar-refractivity contribution in [3.63, 3.8) is 0 Å². The van der Waals surface area contributed by atoms with Crippen LogP contribution in [0.25, 0.3) is 0 Å². The highest BCUT2D eigenvalue weighted by molar-refractivity contribution is 7.07. The quantitative estimate of drug-likeness (QED) is 0.838. The first-order valence-electron chi connectivity index (χ1n) is 5.11. The minimum absolute atomic E-state index is 0.385. The molecule has 88 valence electrons. The van der Waals surface area contributed by atoms with E-state index in [1.54, 1.807) is 24.7 Å². The monoisotopic (exact) mass is 248 g/mol. The van der Waals surface area contributed by atoms with Crippen molar-refractivity contribution in [2.45, 2.75) is 6.54 Å². The summed E-state index contributed by atoms with van der Waals surface area (Å²) in [5, 5.41) is 1.91. The van der Waals surface area contributed by atoms with E-state index < -0.39 is 0 Å². The second kappa shape index (κ2) is 5.45. The molecule has 0 radical (unpaired) electrons. The molecule has 1 heterocycles. The minimum Gasteiger partial charge on any atom is -0.410 e. The highest BCUT2D eigenvalue weighted by Crippen LogP contribution is 2.11. The molecule has 2 rings (SSSR count). The lowest BCUT2D eigenvalue weighted by Gasteiger charge is -2.15. The van der Waals surface area contributed by atoms with Gasteiger partial charge in [-0.05, 0) is 12.1 Å². The summed E-state index contributed by atoms with van der Waals surface area (Å²) in [5.74, 6) is 0.544. The summed E-state index contributed by atoms with van der Waals surface area (Å²) in [5.41, 5.74) is 2.61. The molecule has 0 fully saturated rings. The Morgan fingerprint density at radius 1 is 1.41 bits per heavy atom. The summed E-state index contributed by atoms with van der Waals surface area (Å²) in [6, 6.07) is 9.01. The Morgan fingerprint density at radius 2 is 2.18 bits per heavy atom. The van der Waals surface area contributed by atoms with Crippen molar-refractivity contribution >= 4 is 17.4 Å². The zero-order valence-corrected chi connectivity index (χ0v) is 10.2. The Balaban J connectivity index is 1.92. The van der Waals surface area contributed by atoms with Crippen molar-refractivity contribution in [3.05, 3.63) is 46.9 Å². The van der Waals surface area contributed by atoms with Gasteiger partial charge in [-0.2, -0.15) is 0 Å². The lowest BCUT2D eigenvalue weighted by molar-refractivity contribution is 0.160. The third-order valence-electron chi connectivity index (χ3n) is 2.14. The van der Waals surface area contributed by atoms with E-state index in [1.807, 2.05) is 23.6 Å². The normalized spacial score (nSPS) is 9.94. The second-order valence-corrected chi connectivity index (χ2v) is 4.24. The Labute approximate surface area is 103 Å². The van der Waals surface area contributed by atoms with Gasteiger partial charge in [0.15, 0.2) is 0 Å². The molecule has 1 aromatic heterocycles. The number of aromatic nitrogens is 1. The molecule has 17 heavy (non-hydrogen) atoms. The Morgan fingerprint density at radius 3 is 2.82 bits per heavy atom. The molecule has 0 aliphatic heterocycles. The summed E-state index contributed by atoms with van der Waals surface area (Å²) in [4.78, 5) is 17.3. The predicted octanol–water partition coefficient (Wildman–Crippen LogP) is 2.77. The molecule has 0 N–H and O–H groups in total. The van der Waals surface area contributed by atoms with E-state index in [4.69, 9.17) is 4.74 Å². The molecule has 0 bridgehead atoms. The lowest BCUT2D eigenvalue weighted by atomic mass is 10.3. The van der Waals surface area contributed by atoms with E-state index in [2.05, 4.69) is 4.98 Å². The number of hydrogen-bond donors (Lipinski definition) is 0. The van der Waals surface area contributed by atoms with E-state index in [9.17, 15) is 4.79 Å². The third-order valence-corrected chi connectivity index (χ3v) is 2.78. The second-order valence-electron chi connectivity index (χ2n) is 3.52. The van der Waals surface area contributed by atoms with Crippen LogP contribution in [0.15, 0.2) is 41.2 Å². The summed E-state index contributed by atoms with van der Waals surface area (Å²) < 4.78 is 5.19. The van der Waals surface area contributed by atoms with Crippen molar-refractivity contribution in [3.8, 4) is 5.75 Å². The topological polar surface area (TPSA) is 42.4 Å². The molecular formula is C12H12N2O2S. The molecule has 5 heteroatoms. The van der Waals surface area contributed by atoms with Gasteiger partial charge in [0.05, 0.1) is 17.7 Å². The van der Waals surface area contributed by atoms with Crippen LogP contribution in [0.3, 0.4) is 0 Å². The smallest absolute Gasteiger partial charge is 0.410 e. The molecule has 0 atom stereocenters. The SMILES string of the molecule is CN(Cc1cscn1)C(=O)Oc1ccccc1. The maximum Gasteiger partial charge on any atom is 0.415 e. The van der Waals surface area contributed by atoms with Crippen LogP contribution in [-0.4, -0.2) is 23.0 Å². The van der Waals surface area contributed by atoms with Gasteiger partial charge in [-0.15, -0.1) is 11.3 Å². The van der Waals surface area contributed by atoms with E-state index in [-0.39, 0.29) is 6.09 Å². The van der Waals surface area contributed by atoms with Gasteiger partial charge in [-0.1, -0.05) is 18.2 Å². The fourth-order valence-corrected chi connectivity index (χ4v) is 1.84. The minimum atomic E-state index is -0.385. The Hall–Kier alpha value is -1.88. The molecule has 0 saturated carbocycles. The van der Waals surface area contributed by atoms with Gasteiger partial charge in [-0.3, -0.25) is 0 Å². The van der Waals surface area contributed by atoms with Gasteiger partial charge in [-0.25, -0.2) is 9.78 Å². The first-order valence-corrected chi connectivity index (χ1v) is 6.05. The summed E-state index contributed by atoms with van der Waals surface area (Å²) in [7, 11) is 1.69. The van der Waals surface area contributed by atoms with Crippen LogP contribution in [0, 0.1) is 0 Å². The number of amides is 1. The number of carbonyl (C=O) groups is 1. The number of nitrogens with zero attached hydrogens (tertiary/aromatic N) is 2.